The summed E-state index contributed by atoms with van der Waals surface area (Å²) in [7, 11) is 4.28. The van der Waals surface area contributed by atoms with Gasteiger partial charge in [-0.3, -0.25) is 0 Å². The highest BCUT2D eigenvalue weighted by Crippen LogP contribution is 2.08. The molecule has 0 aliphatic rings. The molecule has 0 saturated carbocycles. The van der Waals surface area contributed by atoms with Gasteiger partial charge in [0.05, 0.1) is 5.69 Å². The van der Waals surface area contributed by atoms with Crippen LogP contribution in [-0.4, -0.2) is 41.5 Å². The highest BCUT2D eigenvalue weighted by molar-refractivity contribution is 4.97. The zero-order valence-electron chi connectivity index (χ0n) is 11.3. The molecule has 0 saturated heterocycles. The van der Waals surface area contributed by atoms with Crippen molar-refractivity contribution in [3.8, 4) is 0 Å². The molecule has 4 heteroatoms. The molecule has 4 nitrogen and oxygen atoms in total. The van der Waals surface area contributed by atoms with Gasteiger partial charge < -0.3 is 10.2 Å². The molecule has 1 rings (SSSR count). The Bertz CT molecular complexity index is 298. The lowest BCUT2D eigenvalue weighted by Gasteiger charge is -2.26. The molecule has 17 heavy (non-hydrogen) atoms. The van der Waals surface area contributed by atoms with Crippen LogP contribution in [0.2, 0.25) is 0 Å². The quantitative estimate of drug-likeness (QED) is 0.780. The zero-order chi connectivity index (χ0) is 12.7. The maximum atomic E-state index is 4.19. The topological polar surface area (TPSA) is 41.1 Å². The van der Waals surface area contributed by atoms with Crippen LogP contribution in [0, 0.1) is 5.92 Å². The van der Waals surface area contributed by atoms with Crippen molar-refractivity contribution in [2.75, 3.05) is 20.6 Å². The van der Waals surface area contributed by atoms with Crippen molar-refractivity contribution in [1.29, 1.82) is 0 Å². The van der Waals surface area contributed by atoms with Crippen LogP contribution >= 0.6 is 0 Å². The summed E-state index contributed by atoms with van der Waals surface area (Å²) in [6.07, 6.45) is 4.58. The lowest BCUT2D eigenvalue weighted by Crippen LogP contribution is -2.38. The van der Waals surface area contributed by atoms with Crippen LogP contribution in [-0.2, 0) is 6.54 Å². The highest BCUT2D eigenvalue weighted by atomic mass is 15.1. The van der Waals surface area contributed by atoms with Crippen molar-refractivity contribution < 1.29 is 0 Å². The SMILES string of the molecule is CC(C)CC(CNCc1ccncn1)N(C)C. The second-order valence-corrected chi connectivity index (χ2v) is 5.08. The molecule has 0 amide bonds. The largest absolute Gasteiger partial charge is 0.310 e. The summed E-state index contributed by atoms with van der Waals surface area (Å²) in [6, 6.07) is 2.52. The van der Waals surface area contributed by atoms with Crippen LogP contribution in [0.25, 0.3) is 0 Å². The fourth-order valence-electron chi connectivity index (χ4n) is 1.81. The number of rotatable bonds is 7. The predicted octanol–water partition coefficient (Wildman–Crippen LogP) is 1.54. The summed E-state index contributed by atoms with van der Waals surface area (Å²) in [5.74, 6) is 0.725. The van der Waals surface area contributed by atoms with Crippen molar-refractivity contribution in [3.63, 3.8) is 0 Å². The molecule has 1 aromatic heterocycles. The Morgan fingerprint density at radius 1 is 1.35 bits per heavy atom. The monoisotopic (exact) mass is 236 g/mol. The van der Waals surface area contributed by atoms with Gasteiger partial charge in [0, 0.05) is 25.3 Å². The van der Waals surface area contributed by atoms with Crippen molar-refractivity contribution >= 4 is 0 Å². The van der Waals surface area contributed by atoms with Gasteiger partial charge in [-0.05, 0) is 32.5 Å². The molecule has 1 atom stereocenters. The van der Waals surface area contributed by atoms with Crippen molar-refractivity contribution in [2.45, 2.75) is 32.9 Å². The molecule has 0 bridgehead atoms. The predicted molar refractivity (Wildman–Crippen MR) is 70.7 cm³/mol. The van der Waals surface area contributed by atoms with Crippen LogP contribution in [0.3, 0.4) is 0 Å². The molecule has 1 N–H and O–H groups in total. The standard InChI is InChI=1S/C13H24N4/c1-11(2)7-13(17(3)4)9-15-8-12-5-6-14-10-16-12/h5-6,10-11,13,15H,7-9H2,1-4H3. The van der Waals surface area contributed by atoms with Gasteiger partial charge in [0.25, 0.3) is 0 Å². The van der Waals surface area contributed by atoms with Gasteiger partial charge in [0.2, 0.25) is 0 Å². The van der Waals surface area contributed by atoms with Gasteiger partial charge in [-0.25, -0.2) is 9.97 Å². The summed E-state index contributed by atoms with van der Waals surface area (Å²) in [4.78, 5) is 10.4. The maximum Gasteiger partial charge on any atom is 0.115 e. The summed E-state index contributed by atoms with van der Waals surface area (Å²) in [6.45, 7) is 6.34. The van der Waals surface area contributed by atoms with Crippen molar-refractivity contribution in [1.82, 2.24) is 20.2 Å². The average Bonchev–Trinajstić information content (AvgIpc) is 2.28. The normalized spacial score (nSPS) is 13.3. The number of hydrogen-bond donors (Lipinski definition) is 1. The van der Waals surface area contributed by atoms with Gasteiger partial charge in [-0.2, -0.15) is 0 Å². The molecular weight excluding hydrogens is 212 g/mol. The fourth-order valence-corrected chi connectivity index (χ4v) is 1.81. The molecule has 1 unspecified atom stereocenters. The third-order valence-corrected chi connectivity index (χ3v) is 2.80. The summed E-state index contributed by atoms with van der Waals surface area (Å²) < 4.78 is 0. The van der Waals surface area contributed by atoms with Gasteiger partial charge in [-0.1, -0.05) is 13.8 Å². The molecule has 0 fully saturated rings. The molecule has 0 spiro atoms. The van der Waals surface area contributed by atoms with E-state index in [1.54, 1.807) is 12.5 Å². The van der Waals surface area contributed by atoms with Gasteiger partial charge in [0.15, 0.2) is 0 Å². The van der Waals surface area contributed by atoms with Crippen molar-refractivity contribution in [2.24, 2.45) is 5.92 Å². The van der Waals surface area contributed by atoms with Crippen LogP contribution < -0.4 is 5.32 Å². The lowest BCUT2D eigenvalue weighted by molar-refractivity contribution is 0.246. The Labute approximate surface area is 104 Å². The number of aromatic nitrogens is 2. The van der Waals surface area contributed by atoms with E-state index in [9.17, 15) is 0 Å². The first-order valence-corrected chi connectivity index (χ1v) is 6.21. The molecular formula is C13H24N4. The number of nitrogens with zero attached hydrogens (tertiary/aromatic N) is 3. The average molecular weight is 236 g/mol. The minimum absolute atomic E-state index is 0.580. The second-order valence-electron chi connectivity index (χ2n) is 5.08. The minimum Gasteiger partial charge on any atom is -0.310 e. The molecule has 1 heterocycles. The Morgan fingerprint density at radius 2 is 2.12 bits per heavy atom. The molecule has 96 valence electrons. The first kappa shape index (κ1) is 14.1. The van der Waals surface area contributed by atoms with Crippen LogP contribution in [0.4, 0.5) is 0 Å². The maximum absolute atomic E-state index is 4.19. The van der Waals surface area contributed by atoms with E-state index in [2.05, 4.69) is 48.1 Å². The van der Waals surface area contributed by atoms with E-state index < -0.39 is 0 Å². The first-order valence-electron chi connectivity index (χ1n) is 6.21. The van der Waals surface area contributed by atoms with E-state index in [1.165, 1.54) is 6.42 Å². The number of likely N-dealkylation sites (N-methyl/N-ethyl adjacent to an activating group) is 1. The molecule has 0 aliphatic carbocycles. The second kappa shape index (κ2) is 7.35. The van der Waals surface area contributed by atoms with Crippen LogP contribution in [0.5, 0.6) is 0 Å². The first-order chi connectivity index (χ1) is 8.09. The van der Waals surface area contributed by atoms with Crippen molar-refractivity contribution in [3.05, 3.63) is 24.3 Å². The minimum atomic E-state index is 0.580. The molecule has 1 aromatic rings. The summed E-state index contributed by atoms with van der Waals surface area (Å²) >= 11 is 0. The Hall–Kier alpha value is -1.00. The van der Waals surface area contributed by atoms with Crippen LogP contribution in [0.1, 0.15) is 26.0 Å². The van der Waals surface area contributed by atoms with Gasteiger partial charge in [0.1, 0.15) is 6.33 Å². The lowest BCUT2D eigenvalue weighted by atomic mass is 10.0. The van der Waals surface area contributed by atoms with E-state index in [-0.39, 0.29) is 0 Å². The summed E-state index contributed by atoms with van der Waals surface area (Å²) in [5, 5.41) is 3.46. The molecule has 0 aromatic carbocycles. The Kier molecular flexibility index (Phi) is 6.08. The smallest absolute Gasteiger partial charge is 0.115 e. The third kappa shape index (κ3) is 5.75. The summed E-state index contributed by atoms with van der Waals surface area (Å²) in [5.41, 5.74) is 1.04. The molecule has 0 radical (unpaired) electrons. The van der Waals surface area contributed by atoms with E-state index in [4.69, 9.17) is 0 Å². The fraction of sp³-hybridized carbons (Fsp3) is 0.692. The highest BCUT2D eigenvalue weighted by Gasteiger charge is 2.12. The van der Waals surface area contributed by atoms with E-state index >= 15 is 0 Å². The molecule has 0 aliphatic heterocycles. The van der Waals surface area contributed by atoms with Crippen LogP contribution in [0.15, 0.2) is 18.6 Å². The Balaban J connectivity index is 2.32. The number of hydrogen-bond acceptors (Lipinski definition) is 4. The van der Waals surface area contributed by atoms with Gasteiger partial charge in [-0.15, -0.1) is 0 Å². The van der Waals surface area contributed by atoms with E-state index in [1.807, 2.05) is 6.07 Å². The van der Waals surface area contributed by atoms with E-state index in [0.717, 1.165) is 24.7 Å². The Morgan fingerprint density at radius 3 is 2.65 bits per heavy atom. The van der Waals surface area contributed by atoms with E-state index in [0.29, 0.717) is 6.04 Å². The van der Waals surface area contributed by atoms with Gasteiger partial charge >= 0.3 is 0 Å². The third-order valence-electron chi connectivity index (χ3n) is 2.80. The zero-order valence-corrected chi connectivity index (χ0v) is 11.3. The number of nitrogens with one attached hydrogen (secondary N) is 1.